The van der Waals surface area contributed by atoms with Crippen LogP contribution in [0.3, 0.4) is 0 Å². The Kier molecular flexibility index (Phi) is 4.64. The lowest BCUT2D eigenvalue weighted by Crippen LogP contribution is -2.48. The van der Waals surface area contributed by atoms with Crippen molar-refractivity contribution in [2.45, 2.75) is 32.9 Å². The van der Waals surface area contributed by atoms with Crippen LogP contribution in [0.4, 0.5) is 5.69 Å². The van der Waals surface area contributed by atoms with Gasteiger partial charge in [-0.25, -0.2) is 0 Å². The van der Waals surface area contributed by atoms with Crippen LogP contribution >= 0.6 is 0 Å². The molecule has 0 saturated carbocycles. The minimum Gasteiger partial charge on any atom is -0.482 e. The lowest BCUT2D eigenvalue weighted by atomic mass is 10.1. The summed E-state index contributed by atoms with van der Waals surface area (Å²) in [7, 11) is 0. The summed E-state index contributed by atoms with van der Waals surface area (Å²) in [5, 5.41) is 2.83. The van der Waals surface area contributed by atoms with Crippen molar-refractivity contribution in [3.05, 3.63) is 23.8 Å². The first-order valence-electron chi connectivity index (χ1n) is 8.17. The van der Waals surface area contributed by atoms with E-state index in [1.807, 2.05) is 6.07 Å². The zero-order chi connectivity index (χ0) is 15.5. The summed E-state index contributed by atoms with van der Waals surface area (Å²) in [6, 6.07) is 6.75. The van der Waals surface area contributed by atoms with E-state index in [4.69, 9.17) is 4.74 Å². The van der Waals surface area contributed by atoms with Gasteiger partial charge in [0.05, 0.1) is 5.69 Å². The molecule has 3 rings (SSSR count). The number of amides is 1. The molecular formula is C17H25N3O2. The average Bonchev–Trinajstić information content (AvgIpc) is 2.55. The maximum absolute atomic E-state index is 11.3. The molecular weight excluding hydrogens is 278 g/mol. The van der Waals surface area contributed by atoms with E-state index in [2.05, 4.69) is 41.1 Å². The molecule has 22 heavy (non-hydrogen) atoms. The molecule has 1 aromatic carbocycles. The number of carbonyl (C=O) groups excluding carboxylic acids is 1. The Balaban J connectivity index is 1.57. The number of fused-ring (bicyclic) bond motifs is 1. The summed E-state index contributed by atoms with van der Waals surface area (Å²) in [6.07, 6.45) is 1.22. The quantitative estimate of drug-likeness (QED) is 0.923. The normalized spacial score (nSPS) is 20.9. The predicted octanol–water partition coefficient (Wildman–Crippen LogP) is 1.93. The van der Waals surface area contributed by atoms with Gasteiger partial charge in [-0.2, -0.15) is 0 Å². The molecule has 2 heterocycles. The molecule has 120 valence electrons. The zero-order valence-corrected chi connectivity index (χ0v) is 13.5. The molecule has 2 aliphatic heterocycles. The maximum Gasteiger partial charge on any atom is 0.262 e. The van der Waals surface area contributed by atoms with Crippen molar-refractivity contribution < 1.29 is 9.53 Å². The molecule has 0 bridgehead atoms. The molecule has 1 amide bonds. The van der Waals surface area contributed by atoms with Crippen molar-refractivity contribution in [2.24, 2.45) is 0 Å². The van der Waals surface area contributed by atoms with Gasteiger partial charge < -0.3 is 10.1 Å². The average molecular weight is 303 g/mol. The maximum atomic E-state index is 11.3. The highest BCUT2D eigenvalue weighted by molar-refractivity contribution is 5.95. The Morgan fingerprint density at radius 1 is 1.27 bits per heavy atom. The number of rotatable bonds is 4. The summed E-state index contributed by atoms with van der Waals surface area (Å²) < 4.78 is 5.49. The molecule has 1 saturated heterocycles. The summed E-state index contributed by atoms with van der Waals surface area (Å²) in [5.41, 5.74) is 2.02. The van der Waals surface area contributed by atoms with Crippen molar-refractivity contribution >= 4 is 11.6 Å². The number of hydrogen-bond acceptors (Lipinski definition) is 4. The highest BCUT2D eigenvalue weighted by atomic mass is 16.5. The van der Waals surface area contributed by atoms with Crippen LogP contribution in [0.25, 0.3) is 0 Å². The SMILES string of the molecule is CCC(C)N1CCN(Cc2ccc3c(c2)OCC(=O)N3)CC1. The fourth-order valence-corrected chi connectivity index (χ4v) is 3.10. The van der Waals surface area contributed by atoms with Crippen LogP contribution in [0.5, 0.6) is 5.75 Å². The van der Waals surface area contributed by atoms with Crippen LogP contribution in [0, 0.1) is 0 Å². The van der Waals surface area contributed by atoms with Gasteiger partial charge in [0.15, 0.2) is 6.61 Å². The van der Waals surface area contributed by atoms with Gasteiger partial charge in [0.25, 0.3) is 5.91 Å². The third-order valence-corrected chi connectivity index (χ3v) is 4.71. The predicted molar refractivity (Wildman–Crippen MR) is 87.2 cm³/mol. The van der Waals surface area contributed by atoms with E-state index in [1.165, 1.54) is 12.0 Å². The standard InChI is InChI=1S/C17H25N3O2/c1-3-13(2)20-8-6-19(7-9-20)11-14-4-5-15-16(10-14)22-12-17(21)18-15/h4-5,10,13H,3,6-9,11-12H2,1-2H3,(H,18,21). The molecule has 1 N–H and O–H groups in total. The van der Waals surface area contributed by atoms with Gasteiger partial charge in [-0.3, -0.25) is 14.6 Å². The largest absolute Gasteiger partial charge is 0.482 e. The Labute approximate surface area is 132 Å². The Morgan fingerprint density at radius 3 is 2.77 bits per heavy atom. The van der Waals surface area contributed by atoms with E-state index < -0.39 is 0 Å². The number of carbonyl (C=O) groups is 1. The number of benzene rings is 1. The number of nitrogens with zero attached hydrogens (tertiary/aromatic N) is 2. The van der Waals surface area contributed by atoms with Crippen LogP contribution in [0.1, 0.15) is 25.8 Å². The molecule has 0 aliphatic carbocycles. The van der Waals surface area contributed by atoms with Gasteiger partial charge in [-0.1, -0.05) is 13.0 Å². The third kappa shape index (κ3) is 3.42. The first-order valence-corrected chi connectivity index (χ1v) is 8.17. The van der Waals surface area contributed by atoms with E-state index in [0.717, 1.165) is 44.2 Å². The highest BCUT2D eigenvalue weighted by Gasteiger charge is 2.21. The second kappa shape index (κ2) is 6.67. The zero-order valence-electron chi connectivity index (χ0n) is 13.5. The molecule has 1 atom stereocenters. The third-order valence-electron chi connectivity index (χ3n) is 4.71. The first kappa shape index (κ1) is 15.3. The molecule has 5 heteroatoms. The van der Waals surface area contributed by atoms with Gasteiger partial charge in [-0.05, 0) is 31.0 Å². The van der Waals surface area contributed by atoms with E-state index in [1.54, 1.807) is 0 Å². The van der Waals surface area contributed by atoms with E-state index in [-0.39, 0.29) is 12.5 Å². The van der Waals surface area contributed by atoms with Gasteiger partial charge in [0.1, 0.15) is 5.75 Å². The van der Waals surface area contributed by atoms with Crippen LogP contribution in [-0.4, -0.2) is 54.5 Å². The smallest absolute Gasteiger partial charge is 0.262 e. The van der Waals surface area contributed by atoms with E-state index >= 15 is 0 Å². The fraction of sp³-hybridized carbons (Fsp3) is 0.588. The molecule has 1 fully saturated rings. The van der Waals surface area contributed by atoms with Crippen molar-refractivity contribution in [1.82, 2.24) is 9.80 Å². The number of anilines is 1. The summed E-state index contributed by atoms with van der Waals surface area (Å²) in [5.74, 6) is 0.705. The summed E-state index contributed by atoms with van der Waals surface area (Å²) in [4.78, 5) is 16.3. The van der Waals surface area contributed by atoms with Crippen molar-refractivity contribution in [3.8, 4) is 5.75 Å². The Bertz CT molecular complexity index is 539. The lowest BCUT2D eigenvalue weighted by Gasteiger charge is -2.37. The molecule has 0 aromatic heterocycles. The van der Waals surface area contributed by atoms with E-state index in [0.29, 0.717) is 6.04 Å². The van der Waals surface area contributed by atoms with Crippen molar-refractivity contribution in [3.63, 3.8) is 0 Å². The molecule has 1 aromatic rings. The topological polar surface area (TPSA) is 44.8 Å². The lowest BCUT2D eigenvalue weighted by molar-refractivity contribution is -0.118. The van der Waals surface area contributed by atoms with Crippen LogP contribution in [-0.2, 0) is 11.3 Å². The van der Waals surface area contributed by atoms with Gasteiger partial charge in [0.2, 0.25) is 0 Å². The molecule has 5 nitrogen and oxygen atoms in total. The molecule has 0 spiro atoms. The second-order valence-corrected chi connectivity index (χ2v) is 6.24. The number of nitrogens with one attached hydrogen (secondary N) is 1. The van der Waals surface area contributed by atoms with Gasteiger partial charge in [0, 0.05) is 38.8 Å². The number of hydrogen-bond donors (Lipinski definition) is 1. The second-order valence-electron chi connectivity index (χ2n) is 6.24. The number of piperazine rings is 1. The minimum absolute atomic E-state index is 0.0820. The fourth-order valence-electron chi connectivity index (χ4n) is 3.10. The van der Waals surface area contributed by atoms with Crippen LogP contribution in [0.15, 0.2) is 18.2 Å². The van der Waals surface area contributed by atoms with Crippen molar-refractivity contribution in [2.75, 3.05) is 38.1 Å². The first-order chi connectivity index (χ1) is 10.7. The Morgan fingerprint density at radius 2 is 2.05 bits per heavy atom. The molecule has 2 aliphatic rings. The minimum atomic E-state index is -0.0820. The Hall–Kier alpha value is -1.59. The molecule has 0 radical (unpaired) electrons. The molecule has 1 unspecified atom stereocenters. The van der Waals surface area contributed by atoms with Crippen LogP contribution < -0.4 is 10.1 Å². The van der Waals surface area contributed by atoms with Gasteiger partial charge in [-0.15, -0.1) is 0 Å². The van der Waals surface area contributed by atoms with Crippen LogP contribution in [0.2, 0.25) is 0 Å². The van der Waals surface area contributed by atoms with Crippen molar-refractivity contribution in [1.29, 1.82) is 0 Å². The summed E-state index contributed by atoms with van der Waals surface area (Å²) in [6.45, 7) is 10.1. The highest BCUT2D eigenvalue weighted by Crippen LogP contribution is 2.29. The number of ether oxygens (including phenoxy) is 1. The van der Waals surface area contributed by atoms with E-state index in [9.17, 15) is 4.79 Å². The van der Waals surface area contributed by atoms with Gasteiger partial charge >= 0.3 is 0 Å². The monoisotopic (exact) mass is 303 g/mol. The summed E-state index contributed by atoms with van der Waals surface area (Å²) >= 11 is 0.